The maximum atomic E-state index is 11.7. The molecule has 0 spiro atoms. The second-order valence-corrected chi connectivity index (χ2v) is 6.65. The number of nitrogens with zero attached hydrogens (tertiary/aromatic N) is 5. The van der Waals surface area contributed by atoms with E-state index in [-0.39, 0.29) is 36.4 Å². The van der Waals surface area contributed by atoms with Crippen LogP contribution < -0.4 is 15.5 Å². The third-order valence-electron chi connectivity index (χ3n) is 4.31. The monoisotopic (exact) mass is 489 g/mol. The van der Waals surface area contributed by atoms with E-state index in [1.807, 2.05) is 19.2 Å². The Balaban J connectivity index is 0.00000364. The summed E-state index contributed by atoms with van der Waals surface area (Å²) in [6.45, 7) is 7.60. The molecule has 1 aromatic rings. The van der Waals surface area contributed by atoms with Crippen LogP contribution in [0.5, 0.6) is 0 Å². The van der Waals surface area contributed by atoms with Crippen molar-refractivity contribution in [2.45, 2.75) is 13.5 Å². The van der Waals surface area contributed by atoms with E-state index in [2.05, 4.69) is 43.5 Å². The van der Waals surface area contributed by atoms with Gasteiger partial charge in [-0.05, 0) is 31.7 Å². The Morgan fingerprint density at radius 2 is 1.96 bits per heavy atom. The molecule has 1 amide bonds. The van der Waals surface area contributed by atoms with E-state index in [9.17, 15) is 4.79 Å². The van der Waals surface area contributed by atoms with Crippen LogP contribution in [-0.4, -0.2) is 87.1 Å². The van der Waals surface area contributed by atoms with Gasteiger partial charge < -0.3 is 25.3 Å². The number of hydrogen-bond acceptors (Lipinski definition) is 5. The summed E-state index contributed by atoms with van der Waals surface area (Å²) in [7, 11) is 5.63. The van der Waals surface area contributed by atoms with Gasteiger partial charge >= 0.3 is 0 Å². The van der Waals surface area contributed by atoms with Gasteiger partial charge in [-0.25, -0.2) is 9.98 Å². The highest BCUT2D eigenvalue weighted by atomic mass is 127. The lowest BCUT2D eigenvalue weighted by atomic mass is 10.2. The molecule has 8 nitrogen and oxygen atoms in total. The molecule has 0 unspecified atom stereocenters. The van der Waals surface area contributed by atoms with Crippen LogP contribution in [0.2, 0.25) is 0 Å². The zero-order valence-corrected chi connectivity index (χ0v) is 19.1. The highest BCUT2D eigenvalue weighted by molar-refractivity contribution is 14.0. The summed E-state index contributed by atoms with van der Waals surface area (Å²) in [6, 6.07) is 4.08. The van der Waals surface area contributed by atoms with Gasteiger partial charge in [-0.2, -0.15) is 0 Å². The molecule has 2 rings (SSSR count). The standard InChI is InChI=1S/C18H31N7O.HI/c1-5-19-18(22-14-17(26)23(2)3)21-13-15-6-7-20-16(12-15)25-10-8-24(4)9-11-25;/h6-7,12H,5,8-11,13-14H2,1-4H3,(H2,19,21,22);1H. The molecule has 1 aliphatic rings. The second kappa shape index (κ2) is 12.0. The Bertz CT molecular complexity index is 615. The normalized spacial score (nSPS) is 15.1. The van der Waals surface area contributed by atoms with Gasteiger partial charge in [0.1, 0.15) is 5.82 Å². The van der Waals surface area contributed by atoms with Crippen LogP contribution in [0, 0.1) is 0 Å². The minimum Gasteiger partial charge on any atom is -0.357 e. The van der Waals surface area contributed by atoms with Crippen molar-refractivity contribution in [3.8, 4) is 0 Å². The number of guanidine groups is 1. The van der Waals surface area contributed by atoms with Crippen molar-refractivity contribution in [2.75, 3.05) is 65.3 Å². The summed E-state index contributed by atoms with van der Waals surface area (Å²) in [6.07, 6.45) is 1.84. The van der Waals surface area contributed by atoms with Crippen molar-refractivity contribution in [3.63, 3.8) is 0 Å². The lowest BCUT2D eigenvalue weighted by Crippen LogP contribution is -2.44. The summed E-state index contributed by atoms with van der Waals surface area (Å²) in [5.41, 5.74) is 1.10. The Morgan fingerprint density at radius 1 is 1.26 bits per heavy atom. The van der Waals surface area contributed by atoms with E-state index in [1.165, 1.54) is 0 Å². The number of halogens is 1. The van der Waals surface area contributed by atoms with Gasteiger partial charge in [0.15, 0.2) is 5.96 Å². The van der Waals surface area contributed by atoms with Crippen LogP contribution in [-0.2, 0) is 11.3 Å². The minimum atomic E-state index is 0. The molecular weight excluding hydrogens is 457 g/mol. The first-order chi connectivity index (χ1) is 12.5. The van der Waals surface area contributed by atoms with E-state index in [1.54, 1.807) is 19.0 Å². The largest absolute Gasteiger partial charge is 0.357 e. The van der Waals surface area contributed by atoms with Gasteiger partial charge in [0.2, 0.25) is 5.91 Å². The van der Waals surface area contributed by atoms with Crippen molar-refractivity contribution in [2.24, 2.45) is 4.99 Å². The van der Waals surface area contributed by atoms with Crippen LogP contribution in [0.25, 0.3) is 0 Å². The average Bonchev–Trinajstić information content (AvgIpc) is 2.64. The average molecular weight is 489 g/mol. The fraction of sp³-hybridized carbons (Fsp3) is 0.611. The molecule has 1 fully saturated rings. The van der Waals surface area contributed by atoms with Crippen LogP contribution in [0.1, 0.15) is 12.5 Å². The lowest BCUT2D eigenvalue weighted by Gasteiger charge is -2.33. The van der Waals surface area contributed by atoms with E-state index >= 15 is 0 Å². The fourth-order valence-corrected chi connectivity index (χ4v) is 2.60. The Morgan fingerprint density at radius 3 is 2.59 bits per heavy atom. The molecule has 152 valence electrons. The topological polar surface area (TPSA) is 76.1 Å². The molecule has 1 aliphatic heterocycles. The zero-order chi connectivity index (χ0) is 18.9. The van der Waals surface area contributed by atoms with Crippen LogP contribution in [0.3, 0.4) is 0 Å². The molecule has 1 saturated heterocycles. The van der Waals surface area contributed by atoms with E-state index < -0.39 is 0 Å². The molecule has 0 saturated carbocycles. The summed E-state index contributed by atoms with van der Waals surface area (Å²) in [4.78, 5) is 27.0. The molecule has 0 bridgehead atoms. The first-order valence-corrected chi connectivity index (χ1v) is 9.10. The van der Waals surface area contributed by atoms with Gasteiger partial charge in [0, 0.05) is 53.0 Å². The molecule has 0 aromatic carbocycles. The Labute approximate surface area is 179 Å². The number of aromatic nitrogens is 1. The van der Waals surface area contributed by atoms with E-state index in [0.29, 0.717) is 12.5 Å². The maximum absolute atomic E-state index is 11.7. The highest BCUT2D eigenvalue weighted by Crippen LogP contribution is 2.15. The second-order valence-electron chi connectivity index (χ2n) is 6.65. The number of anilines is 1. The number of carbonyl (C=O) groups excluding carboxylic acids is 1. The number of carbonyl (C=O) groups is 1. The van der Waals surface area contributed by atoms with E-state index in [4.69, 9.17) is 0 Å². The molecular formula is C18H32IN7O. The summed E-state index contributed by atoms with van der Waals surface area (Å²) < 4.78 is 0. The summed E-state index contributed by atoms with van der Waals surface area (Å²) in [5, 5.41) is 6.24. The van der Waals surface area contributed by atoms with Crippen molar-refractivity contribution >= 4 is 41.7 Å². The third kappa shape index (κ3) is 7.87. The summed E-state index contributed by atoms with van der Waals surface area (Å²) >= 11 is 0. The fourth-order valence-electron chi connectivity index (χ4n) is 2.60. The van der Waals surface area contributed by atoms with E-state index in [0.717, 1.165) is 44.1 Å². The van der Waals surface area contributed by atoms with Gasteiger partial charge in [-0.3, -0.25) is 4.79 Å². The molecule has 9 heteroatoms. The van der Waals surface area contributed by atoms with Crippen molar-refractivity contribution < 1.29 is 4.79 Å². The van der Waals surface area contributed by atoms with Gasteiger partial charge in [0.05, 0.1) is 13.1 Å². The number of rotatable bonds is 6. The smallest absolute Gasteiger partial charge is 0.241 e. The molecule has 0 radical (unpaired) electrons. The van der Waals surface area contributed by atoms with Crippen molar-refractivity contribution in [3.05, 3.63) is 23.9 Å². The van der Waals surface area contributed by atoms with Crippen molar-refractivity contribution in [1.82, 2.24) is 25.4 Å². The van der Waals surface area contributed by atoms with Crippen LogP contribution >= 0.6 is 24.0 Å². The molecule has 2 heterocycles. The number of hydrogen-bond donors (Lipinski definition) is 2. The highest BCUT2D eigenvalue weighted by Gasteiger charge is 2.15. The molecule has 2 N–H and O–H groups in total. The number of amides is 1. The first-order valence-electron chi connectivity index (χ1n) is 9.10. The molecule has 0 atom stereocenters. The Kier molecular flexibility index (Phi) is 10.4. The molecule has 27 heavy (non-hydrogen) atoms. The quantitative estimate of drug-likeness (QED) is 0.346. The zero-order valence-electron chi connectivity index (χ0n) is 16.7. The number of pyridine rings is 1. The maximum Gasteiger partial charge on any atom is 0.241 e. The van der Waals surface area contributed by atoms with Gasteiger partial charge in [-0.1, -0.05) is 0 Å². The molecule has 1 aromatic heterocycles. The number of piperazine rings is 1. The summed E-state index contributed by atoms with van der Waals surface area (Å²) in [5.74, 6) is 1.66. The van der Waals surface area contributed by atoms with Crippen LogP contribution in [0.4, 0.5) is 5.82 Å². The predicted molar refractivity (Wildman–Crippen MR) is 121 cm³/mol. The van der Waals surface area contributed by atoms with Crippen molar-refractivity contribution in [1.29, 1.82) is 0 Å². The Hall–Kier alpha value is -1.62. The minimum absolute atomic E-state index is 0. The SMILES string of the molecule is CCNC(=NCc1ccnc(N2CCN(C)CC2)c1)NCC(=O)N(C)C.I. The predicted octanol–water partition coefficient (Wildman–Crippen LogP) is 0.595. The lowest BCUT2D eigenvalue weighted by molar-refractivity contribution is -0.127. The van der Waals surface area contributed by atoms with Crippen LogP contribution in [0.15, 0.2) is 23.3 Å². The van der Waals surface area contributed by atoms with Gasteiger partial charge in [-0.15, -0.1) is 24.0 Å². The molecule has 0 aliphatic carbocycles. The first kappa shape index (κ1) is 23.4. The number of nitrogens with one attached hydrogen (secondary N) is 2. The third-order valence-corrected chi connectivity index (χ3v) is 4.31. The van der Waals surface area contributed by atoms with Gasteiger partial charge in [0.25, 0.3) is 0 Å². The number of likely N-dealkylation sites (N-methyl/N-ethyl adjacent to an activating group) is 2. The number of aliphatic imine (C=N–C) groups is 1.